The normalized spacial score (nSPS) is 11.7. The molecule has 1 aromatic carbocycles. The summed E-state index contributed by atoms with van der Waals surface area (Å²) in [6.07, 6.45) is 0.722. The van der Waals surface area contributed by atoms with Gasteiger partial charge in [0.25, 0.3) is 5.91 Å². The molecule has 1 heterocycles. The summed E-state index contributed by atoms with van der Waals surface area (Å²) >= 11 is 0. The van der Waals surface area contributed by atoms with Crippen LogP contribution >= 0.6 is 0 Å². The molecule has 2 rings (SSSR count). The van der Waals surface area contributed by atoms with Gasteiger partial charge in [0.1, 0.15) is 5.69 Å². The Morgan fingerprint density at radius 1 is 1.11 bits per heavy atom. The topological polar surface area (TPSA) is 88.3 Å². The molecule has 0 spiro atoms. The molecule has 0 aliphatic heterocycles. The molecular weight excluding hydrogens is 344 g/mol. The summed E-state index contributed by atoms with van der Waals surface area (Å²) in [7, 11) is 0. The first-order chi connectivity index (χ1) is 12.7. The van der Waals surface area contributed by atoms with Gasteiger partial charge in [-0.05, 0) is 45.2 Å². The van der Waals surface area contributed by atoms with E-state index in [1.165, 1.54) is 6.92 Å². The third-order valence-corrected chi connectivity index (χ3v) is 4.55. The lowest BCUT2D eigenvalue weighted by atomic mass is 10.0. The van der Waals surface area contributed by atoms with Crippen LogP contribution in [0.2, 0.25) is 0 Å². The molecule has 2 N–H and O–H groups in total. The van der Waals surface area contributed by atoms with Gasteiger partial charge in [0, 0.05) is 11.3 Å². The third-order valence-electron chi connectivity index (χ3n) is 4.55. The van der Waals surface area contributed by atoms with E-state index in [2.05, 4.69) is 10.3 Å². The van der Waals surface area contributed by atoms with Crippen LogP contribution in [0.3, 0.4) is 0 Å². The molecule has 27 heavy (non-hydrogen) atoms. The monoisotopic (exact) mass is 370 g/mol. The van der Waals surface area contributed by atoms with Crippen molar-refractivity contribution in [3.05, 3.63) is 57.9 Å². The van der Waals surface area contributed by atoms with Crippen LogP contribution in [0, 0.1) is 20.8 Å². The molecule has 0 radical (unpaired) electrons. The Kier molecular flexibility index (Phi) is 6.55. The number of ether oxygens (including phenoxy) is 1. The minimum atomic E-state index is -0.651. The van der Waals surface area contributed by atoms with E-state index in [4.69, 9.17) is 4.74 Å². The van der Waals surface area contributed by atoms with Crippen LogP contribution in [0.4, 0.5) is 0 Å². The van der Waals surface area contributed by atoms with Crippen molar-refractivity contribution in [1.29, 1.82) is 0 Å². The molecule has 6 heteroatoms. The zero-order valence-corrected chi connectivity index (χ0v) is 16.4. The number of esters is 1. The van der Waals surface area contributed by atoms with Crippen molar-refractivity contribution in [3.63, 3.8) is 0 Å². The quantitative estimate of drug-likeness (QED) is 0.576. The number of carbonyl (C=O) groups is 3. The Balaban J connectivity index is 1.98. The fourth-order valence-electron chi connectivity index (χ4n) is 3.14. The number of H-pyrrole nitrogens is 1. The van der Waals surface area contributed by atoms with E-state index in [1.807, 2.05) is 38.1 Å². The second-order valence-electron chi connectivity index (χ2n) is 6.70. The van der Waals surface area contributed by atoms with Gasteiger partial charge < -0.3 is 15.0 Å². The van der Waals surface area contributed by atoms with Gasteiger partial charge in [-0.25, -0.2) is 4.79 Å². The number of rotatable bonds is 7. The highest BCUT2D eigenvalue weighted by atomic mass is 16.5. The van der Waals surface area contributed by atoms with Crippen molar-refractivity contribution >= 4 is 17.7 Å². The van der Waals surface area contributed by atoms with Crippen molar-refractivity contribution in [3.8, 4) is 0 Å². The highest BCUT2D eigenvalue weighted by molar-refractivity contribution is 6.01. The van der Waals surface area contributed by atoms with Gasteiger partial charge in [0.15, 0.2) is 12.4 Å². The van der Waals surface area contributed by atoms with Crippen molar-refractivity contribution in [1.82, 2.24) is 10.3 Å². The number of carbonyl (C=O) groups excluding carboxylic acids is 3. The van der Waals surface area contributed by atoms with Crippen LogP contribution in [-0.2, 0) is 9.53 Å². The van der Waals surface area contributed by atoms with Gasteiger partial charge in [-0.1, -0.05) is 36.8 Å². The molecule has 144 valence electrons. The first-order valence-corrected chi connectivity index (χ1v) is 8.97. The van der Waals surface area contributed by atoms with Gasteiger partial charge >= 0.3 is 5.97 Å². The van der Waals surface area contributed by atoms with Gasteiger partial charge in [-0.2, -0.15) is 0 Å². The van der Waals surface area contributed by atoms with Crippen molar-refractivity contribution < 1.29 is 19.1 Å². The molecule has 2 aromatic rings. The van der Waals surface area contributed by atoms with E-state index in [9.17, 15) is 14.4 Å². The zero-order valence-electron chi connectivity index (χ0n) is 16.4. The summed E-state index contributed by atoms with van der Waals surface area (Å²) in [5, 5.41) is 2.88. The van der Waals surface area contributed by atoms with Gasteiger partial charge in [0.05, 0.1) is 6.04 Å². The lowest BCUT2D eigenvalue weighted by Crippen LogP contribution is -2.32. The maximum atomic E-state index is 12.3. The number of Topliss-reactive ketones (excluding diaryl/α,β-unsaturated/α-hetero) is 1. The minimum Gasteiger partial charge on any atom is -0.451 e. The van der Waals surface area contributed by atoms with Crippen molar-refractivity contribution in [2.45, 2.75) is 47.1 Å². The number of aromatic amines is 1. The Hall–Kier alpha value is -2.89. The fraction of sp³-hybridized carbons (Fsp3) is 0.381. The van der Waals surface area contributed by atoms with Crippen LogP contribution in [-0.4, -0.2) is 29.3 Å². The number of aryl methyl sites for hydroxylation is 2. The second-order valence-corrected chi connectivity index (χ2v) is 6.70. The number of hydrogen-bond acceptors (Lipinski definition) is 4. The van der Waals surface area contributed by atoms with Crippen LogP contribution in [0.1, 0.15) is 69.5 Å². The largest absolute Gasteiger partial charge is 0.451 e. The highest BCUT2D eigenvalue weighted by Gasteiger charge is 2.22. The summed E-state index contributed by atoms with van der Waals surface area (Å²) in [6.45, 7) is 8.45. The number of amides is 1. The van der Waals surface area contributed by atoms with Crippen molar-refractivity contribution in [2.75, 3.05) is 6.61 Å². The molecule has 6 nitrogen and oxygen atoms in total. The van der Waals surface area contributed by atoms with E-state index < -0.39 is 5.97 Å². The lowest BCUT2D eigenvalue weighted by Gasteiger charge is -2.17. The molecule has 0 aliphatic rings. The highest BCUT2D eigenvalue weighted by Crippen LogP contribution is 2.20. The maximum Gasteiger partial charge on any atom is 0.355 e. The number of hydrogen-bond donors (Lipinski definition) is 2. The Bertz CT molecular complexity index is 850. The van der Waals surface area contributed by atoms with E-state index in [1.54, 1.807) is 13.8 Å². The van der Waals surface area contributed by atoms with Crippen molar-refractivity contribution in [2.24, 2.45) is 0 Å². The van der Waals surface area contributed by atoms with Gasteiger partial charge in [0.2, 0.25) is 0 Å². The minimum absolute atomic E-state index is 0.123. The molecule has 1 aromatic heterocycles. The molecular formula is C21H26N2O4. The summed E-state index contributed by atoms with van der Waals surface area (Å²) in [6, 6.07) is 7.80. The average molecular weight is 370 g/mol. The Labute approximate surface area is 159 Å². The number of nitrogens with one attached hydrogen (secondary N) is 2. The zero-order chi connectivity index (χ0) is 20.1. The maximum absolute atomic E-state index is 12.3. The van der Waals surface area contributed by atoms with E-state index in [0.717, 1.165) is 17.5 Å². The third kappa shape index (κ3) is 4.84. The van der Waals surface area contributed by atoms with Crippen LogP contribution in [0.15, 0.2) is 24.3 Å². The average Bonchev–Trinajstić information content (AvgIpc) is 2.93. The van der Waals surface area contributed by atoms with E-state index >= 15 is 0 Å². The predicted molar refractivity (Wildman–Crippen MR) is 103 cm³/mol. The first-order valence-electron chi connectivity index (χ1n) is 8.97. The summed E-state index contributed by atoms with van der Waals surface area (Å²) < 4.78 is 5.13. The number of aromatic nitrogens is 1. The lowest BCUT2D eigenvalue weighted by molar-refractivity contribution is -0.125. The smallest absolute Gasteiger partial charge is 0.355 e. The van der Waals surface area contributed by atoms with Gasteiger partial charge in [-0.15, -0.1) is 0 Å². The van der Waals surface area contributed by atoms with Crippen LogP contribution in [0.5, 0.6) is 0 Å². The summed E-state index contributed by atoms with van der Waals surface area (Å²) in [5.74, 6) is -1.15. The molecule has 0 saturated carbocycles. The number of ketones is 1. The van der Waals surface area contributed by atoms with Crippen LogP contribution < -0.4 is 5.32 Å². The van der Waals surface area contributed by atoms with E-state index in [0.29, 0.717) is 16.8 Å². The molecule has 0 bridgehead atoms. The molecule has 0 unspecified atom stereocenters. The molecule has 0 aliphatic carbocycles. The second kappa shape index (κ2) is 8.66. The van der Waals surface area contributed by atoms with Gasteiger partial charge in [-0.3, -0.25) is 9.59 Å². The summed E-state index contributed by atoms with van der Waals surface area (Å²) in [4.78, 5) is 39.0. The SMILES string of the molecule is CC[C@H](NC(=O)COC(=O)c1[nH]c(C)c(C(C)=O)c1C)c1ccc(C)cc1. The summed E-state index contributed by atoms with van der Waals surface area (Å²) in [5.41, 5.74) is 3.99. The first kappa shape index (κ1) is 20.4. The predicted octanol–water partition coefficient (Wildman–Crippen LogP) is 3.57. The number of benzene rings is 1. The molecule has 0 saturated heterocycles. The molecule has 1 atom stereocenters. The van der Waals surface area contributed by atoms with Crippen LogP contribution in [0.25, 0.3) is 0 Å². The Morgan fingerprint density at radius 2 is 1.74 bits per heavy atom. The molecule has 0 fully saturated rings. The van der Waals surface area contributed by atoms with E-state index in [-0.39, 0.29) is 30.0 Å². The standard InChI is InChI=1S/C21H26N2O4/c1-6-17(16-9-7-12(2)8-10-16)23-18(25)11-27-21(26)20-13(3)19(15(5)24)14(4)22-20/h7-10,17,22H,6,11H2,1-5H3,(H,23,25)/t17-/m0/s1. The fourth-order valence-corrected chi connectivity index (χ4v) is 3.14. The molecule has 1 amide bonds. The Morgan fingerprint density at radius 3 is 2.26 bits per heavy atom.